The molecule has 4 rings (SSSR count). The summed E-state index contributed by atoms with van der Waals surface area (Å²) in [7, 11) is 0. The number of aromatic nitrogens is 4. The number of carbonyl (C=O) groups is 2. The zero-order valence-corrected chi connectivity index (χ0v) is 20.8. The van der Waals surface area contributed by atoms with Gasteiger partial charge >= 0.3 is 5.69 Å². The highest BCUT2D eigenvalue weighted by Crippen LogP contribution is 2.35. The third-order valence-corrected chi connectivity index (χ3v) is 6.61. The van der Waals surface area contributed by atoms with Crippen LogP contribution in [-0.4, -0.2) is 30.9 Å². The number of imidazole rings is 1. The molecule has 1 aromatic carbocycles. The Labute approximate surface area is 203 Å². The van der Waals surface area contributed by atoms with E-state index in [2.05, 4.69) is 15.0 Å². The van der Waals surface area contributed by atoms with Crippen LogP contribution in [0.15, 0.2) is 46.1 Å². The Balaban J connectivity index is 1.76. The molecule has 0 unspecified atom stereocenters. The van der Waals surface area contributed by atoms with Crippen molar-refractivity contribution in [3.63, 3.8) is 0 Å². The molecule has 0 atom stereocenters. The SMILES string of the molecule is CC(C)(C)C(=O)c1c(-c2ccc(F)cc2)nc2sc(CC(C)(C)C(=O)c3cc(=O)[nH]c(=O)[nH]3)cn12. The fourth-order valence-electron chi connectivity index (χ4n) is 3.83. The average Bonchev–Trinajstić information content (AvgIpc) is 3.28. The first-order chi connectivity index (χ1) is 16.3. The van der Waals surface area contributed by atoms with Crippen LogP contribution in [-0.2, 0) is 6.42 Å². The number of nitrogens with one attached hydrogen (secondary N) is 2. The fourth-order valence-corrected chi connectivity index (χ4v) is 5.03. The number of carbonyl (C=O) groups excluding carboxylic acids is 2. The molecule has 3 heterocycles. The van der Waals surface area contributed by atoms with E-state index in [1.54, 1.807) is 36.6 Å². The van der Waals surface area contributed by atoms with E-state index in [0.29, 0.717) is 28.3 Å². The Morgan fingerprint density at radius 3 is 2.29 bits per heavy atom. The summed E-state index contributed by atoms with van der Waals surface area (Å²) in [6, 6.07) is 6.90. The van der Waals surface area contributed by atoms with Crippen molar-refractivity contribution in [3.8, 4) is 11.3 Å². The van der Waals surface area contributed by atoms with Crippen LogP contribution in [0.3, 0.4) is 0 Å². The van der Waals surface area contributed by atoms with Gasteiger partial charge in [0.1, 0.15) is 17.2 Å². The van der Waals surface area contributed by atoms with Gasteiger partial charge in [0.2, 0.25) is 0 Å². The number of aromatic amines is 2. The number of benzene rings is 1. The lowest BCUT2D eigenvalue weighted by Crippen LogP contribution is -2.32. The third kappa shape index (κ3) is 4.79. The van der Waals surface area contributed by atoms with Gasteiger partial charge in [-0.3, -0.25) is 23.8 Å². The molecule has 0 aliphatic carbocycles. The highest BCUT2D eigenvalue weighted by atomic mass is 32.1. The van der Waals surface area contributed by atoms with Crippen molar-refractivity contribution in [2.24, 2.45) is 10.8 Å². The van der Waals surface area contributed by atoms with Gasteiger partial charge in [0, 0.05) is 33.5 Å². The summed E-state index contributed by atoms with van der Waals surface area (Å²) in [6.45, 7) is 8.91. The quantitative estimate of drug-likeness (QED) is 0.387. The van der Waals surface area contributed by atoms with E-state index < -0.39 is 22.1 Å². The second-order valence-corrected chi connectivity index (χ2v) is 11.2. The minimum atomic E-state index is -0.951. The highest BCUT2D eigenvalue weighted by Gasteiger charge is 2.33. The number of rotatable bonds is 6. The Morgan fingerprint density at radius 2 is 1.69 bits per heavy atom. The maximum absolute atomic E-state index is 13.5. The molecule has 0 aliphatic heterocycles. The van der Waals surface area contributed by atoms with E-state index >= 15 is 0 Å². The summed E-state index contributed by atoms with van der Waals surface area (Å²) in [5.74, 6) is -0.885. The zero-order chi connectivity index (χ0) is 25.7. The lowest BCUT2D eigenvalue weighted by atomic mass is 9.82. The predicted octanol–water partition coefficient (Wildman–Crippen LogP) is 4.26. The topological polar surface area (TPSA) is 117 Å². The van der Waals surface area contributed by atoms with Gasteiger partial charge in [-0.05, 0) is 30.7 Å². The smallest absolute Gasteiger partial charge is 0.304 e. The minimum Gasteiger partial charge on any atom is -0.304 e. The van der Waals surface area contributed by atoms with Crippen molar-refractivity contribution >= 4 is 27.9 Å². The van der Waals surface area contributed by atoms with Gasteiger partial charge in [-0.15, -0.1) is 11.3 Å². The molecule has 0 amide bonds. The van der Waals surface area contributed by atoms with Crippen molar-refractivity contribution in [3.05, 3.63) is 79.4 Å². The monoisotopic (exact) mass is 496 g/mol. The van der Waals surface area contributed by atoms with Gasteiger partial charge in [-0.1, -0.05) is 34.6 Å². The number of ketones is 2. The standard InChI is InChI=1S/C25H25FN4O4S/c1-24(2,3)21(33)19-18(13-6-8-14(26)9-7-13)29-23-30(19)12-15(35-23)11-25(4,5)20(32)16-10-17(31)28-22(34)27-16/h6-10,12H,11H2,1-5H3,(H2,27,28,31,34). The number of fused-ring (bicyclic) bond motifs is 1. The number of thiazole rings is 1. The van der Waals surface area contributed by atoms with Gasteiger partial charge in [-0.2, -0.15) is 0 Å². The Bertz CT molecular complexity index is 1540. The normalized spacial score (nSPS) is 12.3. The van der Waals surface area contributed by atoms with Gasteiger partial charge in [0.15, 0.2) is 16.5 Å². The maximum Gasteiger partial charge on any atom is 0.326 e. The molecule has 182 valence electrons. The minimum absolute atomic E-state index is 0.0627. The average molecular weight is 497 g/mol. The highest BCUT2D eigenvalue weighted by molar-refractivity contribution is 7.17. The Morgan fingerprint density at radius 1 is 1.03 bits per heavy atom. The molecule has 0 saturated heterocycles. The Kier molecular flexibility index (Phi) is 5.96. The maximum atomic E-state index is 13.5. The number of Topliss-reactive ketones (excluding diaryl/α,β-unsaturated/α-hetero) is 2. The van der Waals surface area contributed by atoms with Gasteiger partial charge in [0.05, 0.1) is 5.69 Å². The summed E-state index contributed by atoms with van der Waals surface area (Å²) in [5, 5.41) is 0. The van der Waals surface area contributed by atoms with Crippen LogP contribution in [0.1, 0.15) is 60.5 Å². The first-order valence-corrected chi connectivity index (χ1v) is 11.8. The van der Waals surface area contributed by atoms with Crippen LogP contribution in [0.2, 0.25) is 0 Å². The predicted molar refractivity (Wildman–Crippen MR) is 132 cm³/mol. The molecule has 3 aromatic heterocycles. The van der Waals surface area contributed by atoms with E-state index in [1.165, 1.54) is 23.5 Å². The van der Waals surface area contributed by atoms with Crippen LogP contribution in [0.5, 0.6) is 0 Å². The molecule has 0 saturated carbocycles. The fraction of sp³-hybridized carbons (Fsp3) is 0.320. The van der Waals surface area contributed by atoms with Crippen molar-refractivity contribution < 1.29 is 14.0 Å². The molecular weight excluding hydrogens is 471 g/mol. The lowest BCUT2D eigenvalue weighted by molar-refractivity contribution is 0.0830. The molecule has 35 heavy (non-hydrogen) atoms. The molecule has 0 bridgehead atoms. The molecule has 10 heteroatoms. The summed E-state index contributed by atoms with van der Waals surface area (Å²) in [4.78, 5) is 60.2. The molecule has 0 fully saturated rings. The molecule has 4 aromatic rings. The second-order valence-electron chi connectivity index (χ2n) is 10.1. The van der Waals surface area contributed by atoms with Gasteiger partial charge in [0.25, 0.3) is 5.56 Å². The molecule has 0 aliphatic rings. The van der Waals surface area contributed by atoms with Crippen LogP contribution >= 0.6 is 11.3 Å². The number of H-pyrrole nitrogens is 2. The molecular formula is C25H25FN4O4S. The van der Waals surface area contributed by atoms with E-state index in [9.17, 15) is 23.6 Å². The first-order valence-electron chi connectivity index (χ1n) is 11.0. The summed E-state index contributed by atoms with van der Waals surface area (Å²) in [6.07, 6.45) is 2.08. The van der Waals surface area contributed by atoms with Crippen LogP contribution < -0.4 is 11.2 Å². The van der Waals surface area contributed by atoms with Crippen molar-refractivity contribution in [1.29, 1.82) is 0 Å². The van der Waals surface area contributed by atoms with Crippen molar-refractivity contribution in [2.75, 3.05) is 0 Å². The summed E-state index contributed by atoms with van der Waals surface area (Å²) < 4.78 is 15.2. The second kappa shape index (κ2) is 8.53. The van der Waals surface area contributed by atoms with Crippen LogP contribution in [0.25, 0.3) is 16.2 Å². The number of halogens is 1. The van der Waals surface area contributed by atoms with Crippen molar-refractivity contribution in [1.82, 2.24) is 19.4 Å². The van der Waals surface area contributed by atoms with Gasteiger partial charge < -0.3 is 4.98 Å². The van der Waals surface area contributed by atoms with E-state index in [-0.39, 0.29) is 23.1 Å². The van der Waals surface area contributed by atoms with E-state index in [0.717, 1.165) is 10.9 Å². The first kappa shape index (κ1) is 24.5. The lowest BCUT2D eigenvalue weighted by Gasteiger charge is -2.21. The van der Waals surface area contributed by atoms with Crippen LogP contribution in [0.4, 0.5) is 4.39 Å². The Hall–Kier alpha value is -3.66. The largest absolute Gasteiger partial charge is 0.326 e. The van der Waals surface area contributed by atoms with Crippen molar-refractivity contribution in [2.45, 2.75) is 41.0 Å². The van der Waals surface area contributed by atoms with E-state index in [1.807, 2.05) is 20.8 Å². The number of hydrogen-bond donors (Lipinski definition) is 2. The molecule has 2 N–H and O–H groups in total. The number of nitrogens with zero attached hydrogens (tertiary/aromatic N) is 2. The van der Waals surface area contributed by atoms with Gasteiger partial charge in [-0.25, -0.2) is 14.2 Å². The molecule has 0 spiro atoms. The summed E-state index contributed by atoms with van der Waals surface area (Å²) in [5.41, 5.74) is -1.60. The zero-order valence-electron chi connectivity index (χ0n) is 20.0. The van der Waals surface area contributed by atoms with E-state index in [4.69, 9.17) is 0 Å². The third-order valence-electron chi connectivity index (χ3n) is 5.62. The van der Waals surface area contributed by atoms with Crippen LogP contribution in [0, 0.1) is 16.6 Å². The molecule has 0 radical (unpaired) electrons. The number of hydrogen-bond acceptors (Lipinski definition) is 6. The molecule has 8 nitrogen and oxygen atoms in total. The summed E-state index contributed by atoms with van der Waals surface area (Å²) >= 11 is 1.34.